The minimum atomic E-state index is 0.347. The first-order valence-electron chi connectivity index (χ1n) is 5.89. The summed E-state index contributed by atoms with van der Waals surface area (Å²) < 4.78 is 0. The number of hydrogen-bond acceptors (Lipinski definition) is 3. The predicted octanol–water partition coefficient (Wildman–Crippen LogP) is 2.37. The van der Waals surface area contributed by atoms with Crippen LogP contribution in [0.25, 0.3) is 0 Å². The lowest BCUT2D eigenvalue weighted by molar-refractivity contribution is 0.391. The van der Waals surface area contributed by atoms with Crippen LogP contribution in [0.4, 0.5) is 0 Å². The van der Waals surface area contributed by atoms with Gasteiger partial charge in [-0.15, -0.1) is 11.3 Å². The zero-order chi connectivity index (χ0) is 10.4. The number of hydrogen-bond donors (Lipinski definition) is 1. The molecule has 2 N–H and O–H groups in total. The predicted molar refractivity (Wildman–Crippen MR) is 62.9 cm³/mol. The SMILES string of the molecule is Cc1nc(CC(N)C2CC3CC3C2)cs1. The molecule has 3 heteroatoms. The maximum atomic E-state index is 6.27. The van der Waals surface area contributed by atoms with Crippen LogP contribution in [0.1, 0.15) is 30.0 Å². The van der Waals surface area contributed by atoms with E-state index in [-0.39, 0.29) is 0 Å². The van der Waals surface area contributed by atoms with Gasteiger partial charge in [0, 0.05) is 17.8 Å². The van der Waals surface area contributed by atoms with Crippen LogP contribution in [-0.4, -0.2) is 11.0 Å². The van der Waals surface area contributed by atoms with Crippen molar-refractivity contribution >= 4 is 11.3 Å². The van der Waals surface area contributed by atoms with Gasteiger partial charge >= 0.3 is 0 Å². The van der Waals surface area contributed by atoms with Crippen LogP contribution in [-0.2, 0) is 6.42 Å². The van der Waals surface area contributed by atoms with Gasteiger partial charge in [0.05, 0.1) is 10.7 Å². The molecular weight excluding hydrogens is 204 g/mol. The van der Waals surface area contributed by atoms with Gasteiger partial charge in [0.15, 0.2) is 0 Å². The summed E-state index contributed by atoms with van der Waals surface area (Å²) in [5.41, 5.74) is 7.47. The Hall–Kier alpha value is -0.410. The van der Waals surface area contributed by atoms with E-state index in [0.717, 1.165) is 29.2 Å². The minimum Gasteiger partial charge on any atom is -0.327 e. The van der Waals surface area contributed by atoms with Gasteiger partial charge in [0.25, 0.3) is 0 Å². The number of nitrogens with two attached hydrogens (primary N) is 1. The molecule has 3 rings (SSSR count). The molecule has 0 aromatic carbocycles. The van der Waals surface area contributed by atoms with Gasteiger partial charge < -0.3 is 5.73 Å². The standard InChI is InChI=1S/C12H18N2S/c1-7-14-11(6-15-7)5-12(13)10-3-8-2-9(8)4-10/h6,8-10,12H,2-5,13H2,1H3. The summed E-state index contributed by atoms with van der Waals surface area (Å²) in [6.45, 7) is 2.06. The van der Waals surface area contributed by atoms with E-state index in [1.165, 1.54) is 25.0 Å². The fourth-order valence-electron chi connectivity index (χ4n) is 3.02. The van der Waals surface area contributed by atoms with Crippen LogP contribution in [0.5, 0.6) is 0 Å². The molecule has 0 spiro atoms. The first-order chi connectivity index (χ1) is 7.22. The van der Waals surface area contributed by atoms with Crippen molar-refractivity contribution in [3.8, 4) is 0 Å². The molecule has 1 aromatic heterocycles. The quantitative estimate of drug-likeness (QED) is 0.852. The summed E-state index contributed by atoms with van der Waals surface area (Å²) in [7, 11) is 0. The van der Waals surface area contributed by atoms with E-state index in [1.807, 2.05) is 0 Å². The Morgan fingerprint density at radius 2 is 2.20 bits per heavy atom. The van der Waals surface area contributed by atoms with Gasteiger partial charge in [0.2, 0.25) is 0 Å². The van der Waals surface area contributed by atoms with Crippen molar-refractivity contribution in [2.24, 2.45) is 23.5 Å². The monoisotopic (exact) mass is 222 g/mol. The molecule has 0 aliphatic heterocycles. The minimum absolute atomic E-state index is 0.347. The van der Waals surface area contributed by atoms with Crippen LogP contribution in [0.15, 0.2) is 5.38 Å². The van der Waals surface area contributed by atoms with Crippen molar-refractivity contribution < 1.29 is 0 Å². The van der Waals surface area contributed by atoms with Gasteiger partial charge in [-0.25, -0.2) is 4.98 Å². The summed E-state index contributed by atoms with van der Waals surface area (Å²) >= 11 is 1.73. The zero-order valence-electron chi connectivity index (χ0n) is 9.15. The van der Waals surface area contributed by atoms with Gasteiger partial charge in [-0.05, 0) is 43.9 Å². The smallest absolute Gasteiger partial charge is 0.0897 e. The molecule has 3 unspecified atom stereocenters. The first-order valence-corrected chi connectivity index (χ1v) is 6.77. The zero-order valence-corrected chi connectivity index (χ0v) is 9.96. The average molecular weight is 222 g/mol. The normalized spacial score (nSPS) is 35.2. The molecule has 15 heavy (non-hydrogen) atoms. The second-order valence-corrected chi connectivity index (χ2v) is 6.28. The molecule has 0 radical (unpaired) electrons. The third-order valence-corrected chi connectivity index (χ3v) is 4.82. The Kier molecular flexibility index (Phi) is 2.33. The molecule has 1 aromatic rings. The van der Waals surface area contributed by atoms with E-state index >= 15 is 0 Å². The number of aryl methyl sites for hydroxylation is 1. The third kappa shape index (κ3) is 1.95. The maximum Gasteiger partial charge on any atom is 0.0897 e. The molecule has 2 saturated carbocycles. The summed E-state index contributed by atoms with van der Waals surface area (Å²) in [6, 6.07) is 0.347. The van der Waals surface area contributed by atoms with Crippen LogP contribution in [0.2, 0.25) is 0 Å². The van der Waals surface area contributed by atoms with Gasteiger partial charge in [0.1, 0.15) is 0 Å². The van der Waals surface area contributed by atoms with Crippen LogP contribution in [0, 0.1) is 24.7 Å². The second-order valence-electron chi connectivity index (χ2n) is 5.21. The number of thiazole rings is 1. The summed E-state index contributed by atoms with van der Waals surface area (Å²) in [4.78, 5) is 4.49. The lowest BCUT2D eigenvalue weighted by atomic mass is 9.92. The number of rotatable bonds is 3. The van der Waals surface area contributed by atoms with E-state index < -0.39 is 0 Å². The molecule has 2 fully saturated rings. The van der Waals surface area contributed by atoms with Crippen molar-refractivity contribution in [3.63, 3.8) is 0 Å². The highest BCUT2D eigenvalue weighted by molar-refractivity contribution is 7.09. The Balaban J connectivity index is 1.58. The Morgan fingerprint density at radius 1 is 1.47 bits per heavy atom. The second kappa shape index (κ2) is 3.56. The molecule has 2 nitrogen and oxygen atoms in total. The topological polar surface area (TPSA) is 38.9 Å². The third-order valence-electron chi connectivity index (χ3n) is 4.00. The maximum absolute atomic E-state index is 6.27. The van der Waals surface area contributed by atoms with E-state index in [0.29, 0.717) is 6.04 Å². The molecular formula is C12H18N2S. The largest absolute Gasteiger partial charge is 0.327 e. The average Bonchev–Trinajstić information content (AvgIpc) is 2.61. The van der Waals surface area contributed by atoms with E-state index in [9.17, 15) is 0 Å². The molecule has 82 valence electrons. The Labute approximate surface area is 94.9 Å². The summed E-state index contributed by atoms with van der Waals surface area (Å²) in [5, 5.41) is 3.32. The lowest BCUT2D eigenvalue weighted by Gasteiger charge is -2.19. The van der Waals surface area contributed by atoms with Crippen LogP contribution >= 0.6 is 11.3 Å². The van der Waals surface area contributed by atoms with Crippen molar-refractivity contribution in [2.45, 2.75) is 38.6 Å². The molecule has 0 bridgehead atoms. The summed E-state index contributed by atoms with van der Waals surface area (Å²) in [6.07, 6.45) is 5.23. The molecule has 2 aliphatic carbocycles. The van der Waals surface area contributed by atoms with Gasteiger partial charge in [-0.1, -0.05) is 0 Å². The highest BCUT2D eigenvalue weighted by atomic mass is 32.1. The van der Waals surface area contributed by atoms with E-state index in [4.69, 9.17) is 5.73 Å². The van der Waals surface area contributed by atoms with E-state index in [1.54, 1.807) is 11.3 Å². The highest BCUT2D eigenvalue weighted by Crippen LogP contribution is 2.55. The van der Waals surface area contributed by atoms with Crippen molar-refractivity contribution in [1.82, 2.24) is 4.98 Å². The van der Waals surface area contributed by atoms with Gasteiger partial charge in [-0.3, -0.25) is 0 Å². The van der Waals surface area contributed by atoms with E-state index in [2.05, 4.69) is 17.3 Å². The molecule has 0 amide bonds. The number of fused-ring (bicyclic) bond motifs is 1. The van der Waals surface area contributed by atoms with Crippen molar-refractivity contribution in [1.29, 1.82) is 0 Å². The molecule has 3 atom stereocenters. The lowest BCUT2D eigenvalue weighted by Crippen LogP contribution is -2.31. The Bertz CT molecular complexity index is 350. The number of aromatic nitrogens is 1. The molecule has 2 aliphatic rings. The fourth-order valence-corrected chi connectivity index (χ4v) is 3.65. The van der Waals surface area contributed by atoms with Crippen molar-refractivity contribution in [3.05, 3.63) is 16.1 Å². The van der Waals surface area contributed by atoms with Crippen LogP contribution in [0.3, 0.4) is 0 Å². The summed E-state index contributed by atoms with van der Waals surface area (Å²) in [5.74, 6) is 2.85. The Morgan fingerprint density at radius 3 is 2.80 bits per heavy atom. The first kappa shape index (κ1) is 9.79. The fraction of sp³-hybridized carbons (Fsp3) is 0.750. The van der Waals surface area contributed by atoms with Gasteiger partial charge in [-0.2, -0.15) is 0 Å². The molecule has 0 saturated heterocycles. The number of nitrogens with zero attached hydrogens (tertiary/aromatic N) is 1. The molecule has 1 heterocycles. The van der Waals surface area contributed by atoms with Crippen LogP contribution < -0.4 is 5.73 Å². The van der Waals surface area contributed by atoms with Crippen molar-refractivity contribution in [2.75, 3.05) is 0 Å². The highest BCUT2D eigenvalue weighted by Gasteiger charge is 2.47.